The van der Waals surface area contributed by atoms with E-state index in [1.165, 1.54) is 49.1 Å². The van der Waals surface area contributed by atoms with Crippen LogP contribution in [0.5, 0.6) is 0 Å². The first kappa shape index (κ1) is 31.1. The van der Waals surface area contributed by atoms with Gasteiger partial charge in [0, 0.05) is 37.2 Å². The third-order valence-corrected chi connectivity index (χ3v) is 7.53. The minimum Gasteiger partial charge on any atom is -0.355 e. The fourth-order valence-corrected chi connectivity index (χ4v) is 5.45. The highest BCUT2D eigenvalue weighted by Gasteiger charge is 2.29. The third kappa shape index (κ3) is 6.47. The zero-order valence-electron chi connectivity index (χ0n) is 24.8. The zero-order chi connectivity index (χ0) is 32.2. The molecule has 0 saturated heterocycles. The van der Waals surface area contributed by atoms with Crippen LogP contribution in [-0.2, 0) is 11.2 Å². The lowest BCUT2D eigenvalue weighted by Gasteiger charge is -2.25. The van der Waals surface area contributed by atoms with Gasteiger partial charge in [-0.05, 0) is 60.4 Å². The van der Waals surface area contributed by atoms with Crippen molar-refractivity contribution in [2.24, 2.45) is 0 Å². The van der Waals surface area contributed by atoms with Gasteiger partial charge in [0.25, 0.3) is 5.91 Å². The number of halogens is 3. The van der Waals surface area contributed by atoms with Crippen LogP contribution in [-0.4, -0.2) is 39.4 Å². The van der Waals surface area contributed by atoms with E-state index in [0.717, 1.165) is 12.1 Å². The molecule has 0 saturated carbocycles. The molecule has 0 spiro atoms. The van der Waals surface area contributed by atoms with Crippen molar-refractivity contribution >= 4 is 28.5 Å². The number of para-hydroxylation sites is 1. The smallest absolute Gasteiger partial charge is 0.254 e. The molecule has 11 heteroatoms. The number of hydrogen-bond acceptors (Lipinski definition) is 5. The maximum Gasteiger partial charge on any atom is 0.254 e. The van der Waals surface area contributed by atoms with Crippen molar-refractivity contribution < 1.29 is 27.6 Å². The lowest BCUT2D eigenvalue weighted by atomic mass is 9.94. The molecule has 1 unspecified atom stereocenters. The summed E-state index contributed by atoms with van der Waals surface area (Å²) in [6.45, 7) is 3.21. The Labute approximate surface area is 257 Å². The lowest BCUT2D eigenvalue weighted by molar-refractivity contribution is -0.125. The van der Waals surface area contributed by atoms with Gasteiger partial charge in [-0.15, -0.1) is 0 Å². The first-order valence-electron chi connectivity index (χ1n) is 14.3. The van der Waals surface area contributed by atoms with Crippen LogP contribution in [0.3, 0.4) is 0 Å². The predicted octanol–water partition coefficient (Wildman–Crippen LogP) is 6.13. The van der Waals surface area contributed by atoms with Gasteiger partial charge < -0.3 is 10.6 Å². The molecular weight excluding hydrogens is 583 g/mol. The molecule has 0 aliphatic rings. The maximum absolute atomic E-state index is 14.5. The van der Waals surface area contributed by atoms with Crippen molar-refractivity contribution in [3.05, 3.63) is 119 Å². The largest absolute Gasteiger partial charge is 0.355 e. The molecule has 5 aromatic rings. The molecule has 2 heterocycles. The molecule has 8 nitrogen and oxygen atoms in total. The SMILES string of the molecule is CCC(C(=O)N[C@@H](Cc1cc(F)cc(F)c1)c1ncccc1-c1ccc(F)c(C(=O)NC)c1)n1nc(C(C)=O)c2ccccc21. The number of hydrogen-bond donors (Lipinski definition) is 2. The second-order valence-corrected chi connectivity index (χ2v) is 10.5. The molecule has 0 bridgehead atoms. The van der Waals surface area contributed by atoms with Crippen LogP contribution in [0.25, 0.3) is 22.0 Å². The highest BCUT2D eigenvalue weighted by molar-refractivity contribution is 6.05. The number of Topliss-reactive ketones (excluding diaryl/α,β-unsaturated/α-hetero) is 1. The fourth-order valence-electron chi connectivity index (χ4n) is 5.45. The molecule has 2 aromatic heterocycles. The highest BCUT2D eigenvalue weighted by atomic mass is 19.1. The molecule has 3 aromatic carbocycles. The summed E-state index contributed by atoms with van der Waals surface area (Å²) in [4.78, 5) is 43.3. The Kier molecular flexibility index (Phi) is 9.08. The highest BCUT2D eigenvalue weighted by Crippen LogP contribution is 2.32. The number of nitrogens with zero attached hydrogens (tertiary/aromatic N) is 3. The van der Waals surface area contributed by atoms with Crippen LogP contribution in [0, 0.1) is 17.5 Å². The molecule has 2 atom stereocenters. The molecular formula is C34H30F3N5O3. The number of carbonyl (C=O) groups is 3. The van der Waals surface area contributed by atoms with Crippen molar-refractivity contribution in [3.8, 4) is 11.1 Å². The second-order valence-electron chi connectivity index (χ2n) is 10.5. The Bertz CT molecular complexity index is 1900. The van der Waals surface area contributed by atoms with E-state index in [-0.39, 0.29) is 29.0 Å². The Morgan fingerprint density at radius 2 is 1.67 bits per heavy atom. The minimum atomic E-state index is -0.924. The summed E-state index contributed by atoms with van der Waals surface area (Å²) in [5.74, 6) is -3.62. The Morgan fingerprint density at radius 3 is 2.36 bits per heavy atom. The average molecular weight is 614 g/mol. The number of carbonyl (C=O) groups excluding carboxylic acids is 3. The normalized spacial score (nSPS) is 12.5. The number of amides is 2. The van der Waals surface area contributed by atoms with Gasteiger partial charge >= 0.3 is 0 Å². The van der Waals surface area contributed by atoms with Gasteiger partial charge in [0.2, 0.25) is 5.91 Å². The number of rotatable bonds is 10. The number of ketones is 1. The molecule has 0 aliphatic heterocycles. The molecule has 230 valence electrons. The lowest BCUT2D eigenvalue weighted by Crippen LogP contribution is -2.37. The van der Waals surface area contributed by atoms with Gasteiger partial charge in [-0.2, -0.15) is 5.10 Å². The van der Waals surface area contributed by atoms with E-state index < -0.39 is 41.3 Å². The summed E-state index contributed by atoms with van der Waals surface area (Å²) in [5, 5.41) is 10.5. The zero-order valence-corrected chi connectivity index (χ0v) is 24.8. The van der Waals surface area contributed by atoms with E-state index in [1.54, 1.807) is 43.3 Å². The summed E-state index contributed by atoms with van der Waals surface area (Å²) < 4.78 is 44.5. The summed E-state index contributed by atoms with van der Waals surface area (Å²) >= 11 is 0. The average Bonchev–Trinajstić information content (AvgIpc) is 3.40. The fraction of sp³-hybridized carbons (Fsp3) is 0.206. The maximum atomic E-state index is 14.5. The number of pyridine rings is 1. The number of nitrogens with one attached hydrogen (secondary N) is 2. The van der Waals surface area contributed by atoms with E-state index in [4.69, 9.17) is 0 Å². The van der Waals surface area contributed by atoms with E-state index >= 15 is 0 Å². The summed E-state index contributed by atoms with van der Waals surface area (Å²) in [6, 6.07) is 15.8. The molecule has 5 rings (SSSR count). The predicted molar refractivity (Wildman–Crippen MR) is 163 cm³/mol. The minimum absolute atomic E-state index is 0.0527. The van der Waals surface area contributed by atoms with Gasteiger partial charge in [-0.1, -0.05) is 37.3 Å². The third-order valence-electron chi connectivity index (χ3n) is 7.53. The van der Waals surface area contributed by atoms with Crippen molar-refractivity contribution in [3.63, 3.8) is 0 Å². The summed E-state index contributed by atoms with van der Waals surface area (Å²) in [7, 11) is 1.39. The molecule has 45 heavy (non-hydrogen) atoms. The monoisotopic (exact) mass is 613 g/mol. The second kappa shape index (κ2) is 13.1. The van der Waals surface area contributed by atoms with E-state index in [1.807, 2.05) is 0 Å². The molecule has 2 amide bonds. The Balaban J connectivity index is 1.60. The summed E-state index contributed by atoms with van der Waals surface area (Å²) in [5.41, 5.74) is 2.15. The van der Waals surface area contributed by atoms with Crippen LogP contribution < -0.4 is 10.6 Å². The first-order valence-corrected chi connectivity index (χ1v) is 14.3. The number of aromatic nitrogens is 3. The topological polar surface area (TPSA) is 106 Å². The molecule has 0 aliphatic carbocycles. The van der Waals surface area contributed by atoms with Gasteiger partial charge in [0.05, 0.1) is 22.8 Å². The number of benzene rings is 3. The van der Waals surface area contributed by atoms with E-state index in [0.29, 0.717) is 34.1 Å². The molecule has 0 radical (unpaired) electrons. The van der Waals surface area contributed by atoms with Crippen LogP contribution in [0.15, 0.2) is 79.0 Å². The van der Waals surface area contributed by atoms with Crippen LogP contribution in [0.4, 0.5) is 13.2 Å². The number of fused-ring (bicyclic) bond motifs is 1. The van der Waals surface area contributed by atoms with Crippen molar-refractivity contribution in [1.29, 1.82) is 0 Å². The van der Waals surface area contributed by atoms with Crippen LogP contribution in [0.2, 0.25) is 0 Å². The van der Waals surface area contributed by atoms with Gasteiger partial charge in [-0.25, -0.2) is 13.2 Å². The first-order chi connectivity index (χ1) is 21.6. The van der Waals surface area contributed by atoms with E-state index in [9.17, 15) is 27.6 Å². The van der Waals surface area contributed by atoms with Gasteiger partial charge in [0.15, 0.2) is 5.78 Å². The Morgan fingerprint density at radius 1 is 0.933 bits per heavy atom. The van der Waals surface area contributed by atoms with Crippen LogP contribution >= 0.6 is 0 Å². The standard InChI is InChI=1S/C34H30F3N5O3/c1-4-29(42-30-10-6-5-8-25(30)31(41-42)19(2)43)34(45)40-28(16-20-14-22(35)18-23(36)15-20)32-24(9-7-13-39-32)21-11-12-27(37)26(17-21)33(44)38-3/h5-15,17-18,28-29H,4,16H2,1-3H3,(H,38,44)(H,40,45)/t28-,29?/m0/s1. The van der Waals surface area contributed by atoms with Gasteiger partial charge in [0.1, 0.15) is 29.2 Å². The van der Waals surface area contributed by atoms with Crippen molar-refractivity contribution in [1.82, 2.24) is 25.4 Å². The Hall–Kier alpha value is -5.32. The van der Waals surface area contributed by atoms with Crippen LogP contribution in [0.1, 0.15) is 64.5 Å². The van der Waals surface area contributed by atoms with E-state index in [2.05, 4.69) is 20.7 Å². The van der Waals surface area contributed by atoms with Gasteiger partial charge in [-0.3, -0.25) is 24.0 Å². The van der Waals surface area contributed by atoms with Crippen molar-refractivity contribution in [2.75, 3.05) is 7.05 Å². The quantitative estimate of drug-likeness (QED) is 0.185. The molecule has 2 N–H and O–H groups in total. The molecule has 0 fully saturated rings. The summed E-state index contributed by atoms with van der Waals surface area (Å²) in [6.07, 6.45) is 1.76. The van der Waals surface area contributed by atoms with Crippen molar-refractivity contribution in [2.45, 2.75) is 38.8 Å².